The Labute approximate surface area is 87.7 Å². The Kier molecular flexibility index (Phi) is 4.40. The first-order valence-corrected chi connectivity index (χ1v) is 5.28. The largest absolute Gasteiger partial charge is 0.303 e. The Morgan fingerprint density at radius 3 is 2.57 bits per heavy atom. The van der Waals surface area contributed by atoms with Crippen molar-refractivity contribution in [3.63, 3.8) is 0 Å². The van der Waals surface area contributed by atoms with E-state index in [-0.39, 0.29) is 10.4 Å². The summed E-state index contributed by atoms with van der Waals surface area (Å²) in [5, 5.41) is 0.00639. The zero-order chi connectivity index (χ0) is 10.4. The first kappa shape index (κ1) is 11.0. The molecule has 2 nitrogen and oxygen atoms in total. The lowest BCUT2D eigenvalue weighted by Crippen LogP contribution is -1.98. The second-order valence-electron chi connectivity index (χ2n) is 2.91. The maximum absolute atomic E-state index is 10.9. The summed E-state index contributed by atoms with van der Waals surface area (Å²) < 4.78 is 0. The average Bonchev–Trinajstić information content (AvgIpc) is 2.18. The van der Waals surface area contributed by atoms with Crippen molar-refractivity contribution in [2.24, 2.45) is 0 Å². The number of hydrogen-bond donors (Lipinski definition) is 0. The fourth-order valence-corrected chi connectivity index (χ4v) is 2.08. The van der Waals surface area contributed by atoms with Crippen molar-refractivity contribution in [3.8, 4) is 0 Å². The van der Waals surface area contributed by atoms with Gasteiger partial charge in [-0.25, -0.2) is 0 Å². The lowest BCUT2D eigenvalue weighted by Gasteiger charge is -2.11. The topological polar surface area (TPSA) is 34.1 Å². The highest BCUT2D eigenvalue weighted by Crippen LogP contribution is 2.31. The van der Waals surface area contributed by atoms with Gasteiger partial charge in [-0.05, 0) is 5.56 Å². The van der Waals surface area contributed by atoms with Crippen molar-refractivity contribution in [1.29, 1.82) is 0 Å². The minimum Gasteiger partial charge on any atom is -0.303 e. The molecule has 1 aromatic carbocycles. The molecule has 3 heteroatoms. The zero-order valence-electron chi connectivity index (χ0n) is 7.97. The molecule has 0 saturated carbocycles. The number of thioether (sulfide) groups is 1. The van der Waals surface area contributed by atoms with Crippen LogP contribution in [0.4, 0.5) is 0 Å². The molecule has 74 valence electrons. The lowest BCUT2D eigenvalue weighted by molar-refractivity contribution is -0.109. The Hall–Kier alpha value is -1.09. The first-order chi connectivity index (χ1) is 6.74. The molecule has 0 aliphatic rings. The molecule has 0 N–H and O–H groups in total. The van der Waals surface area contributed by atoms with Gasteiger partial charge >= 0.3 is 0 Å². The predicted molar refractivity (Wildman–Crippen MR) is 58.1 cm³/mol. The van der Waals surface area contributed by atoms with Crippen LogP contribution in [0.5, 0.6) is 0 Å². The van der Waals surface area contributed by atoms with Gasteiger partial charge in [-0.2, -0.15) is 0 Å². The Bertz CT molecular complexity index is 308. The molecular weight excluding hydrogens is 196 g/mol. The lowest BCUT2D eigenvalue weighted by atomic mass is 10.1. The van der Waals surface area contributed by atoms with Crippen molar-refractivity contribution < 1.29 is 9.59 Å². The minimum atomic E-state index is -0.0359. The van der Waals surface area contributed by atoms with E-state index in [1.165, 1.54) is 18.7 Å². The molecule has 1 rings (SSSR count). The highest BCUT2D eigenvalue weighted by molar-refractivity contribution is 8.13. The third-order valence-electron chi connectivity index (χ3n) is 1.79. The second-order valence-corrected chi connectivity index (χ2v) is 4.29. The molecule has 1 atom stereocenters. The fourth-order valence-electron chi connectivity index (χ4n) is 1.21. The van der Waals surface area contributed by atoms with Gasteiger partial charge in [0, 0.05) is 18.6 Å². The van der Waals surface area contributed by atoms with Crippen LogP contribution in [0, 0.1) is 0 Å². The monoisotopic (exact) mass is 208 g/mol. The second kappa shape index (κ2) is 5.60. The van der Waals surface area contributed by atoms with Gasteiger partial charge in [-0.1, -0.05) is 42.1 Å². The van der Waals surface area contributed by atoms with Crippen molar-refractivity contribution in [3.05, 3.63) is 35.9 Å². The van der Waals surface area contributed by atoms with E-state index in [9.17, 15) is 9.59 Å². The van der Waals surface area contributed by atoms with Gasteiger partial charge in [-0.15, -0.1) is 0 Å². The van der Waals surface area contributed by atoms with Crippen LogP contribution in [0.3, 0.4) is 0 Å². The maximum Gasteiger partial charge on any atom is 0.186 e. The van der Waals surface area contributed by atoms with Crippen LogP contribution in [0.1, 0.15) is 24.2 Å². The smallest absolute Gasteiger partial charge is 0.186 e. The molecule has 1 aromatic rings. The van der Waals surface area contributed by atoms with Crippen LogP contribution in [-0.2, 0) is 9.59 Å². The molecule has 0 amide bonds. The molecule has 0 aliphatic carbocycles. The number of carbonyl (C=O) groups excluding carboxylic acids is 2. The number of benzene rings is 1. The SMILES string of the molecule is CC(=O)SC(CC=O)c1ccccc1. The minimum absolute atomic E-state index is 0.0359. The zero-order valence-corrected chi connectivity index (χ0v) is 8.79. The Morgan fingerprint density at radius 1 is 1.43 bits per heavy atom. The van der Waals surface area contributed by atoms with Gasteiger partial charge in [0.15, 0.2) is 5.12 Å². The molecular formula is C11H12O2S. The van der Waals surface area contributed by atoms with E-state index in [4.69, 9.17) is 0 Å². The van der Waals surface area contributed by atoms with Gasteiger partial charge < -0.3 is 4.79 Å². The molecule has 1 unspecified atom stereocenters. The van der Waals surface area contributed by atoms with E-state index in [2.05, 4.69) is 0 Å². The molecule has 0 aliphatic heterocycles. The Morgan fingerprint density at radius 2 is 2.07 bits per heavy atom. The van der Waals surface area contributed by atoms with Crippen molar-refractivity contribution >= 4 is 23.2 Å². The molecule has 0 spiro atoms. The van der Waals surface area contributed by atoms with Crippen LogP contribution in [-0.4, -0.2) is 11.4 Å². The number of carbonyl (C=O) groups is 2. The summed E-state index contributed by atoms with van der Waals surface area (Å²) in [6.07, 6.45) is 1.24. The summed E-state index contributed by atoms with van der Waals surface area (Å²) in [7, 11) is 0. The van der Waals surface area contributed by atoms with E-state index in [1.807, 2.05) is 30.3 Å². The fraction of sp³-hybridized carbons (Fsp3) is 0.273. The van der Waals surface area contributed by atoms with Gasteiger partial charge in [0.05, 0.1) is 0 Å². The van der Waals surface area contributed by atoms with Crippen molar-refractivity contribution in [2.45, 2.75) is 18.6 Å². The van der Waals surface area contributed by atoms with Gasteiger partial charge in [0.2, 0.25) is 0 Å². The Balaban J connectivity index is 2.77. The summed E-state index contributed by atoms with van der Waals surface area (Å²) in [6, 6.07) is 9.61. The van der Waals surface area contributed by atoms with E-state index in [0.29, 0.717) is 6.42 Å². The van der Waals surface area contributed by atoms with Crippen molar-refractivity contribution in [2.75, 3.05) is 0 Å². The molecule has 0 saturated heterocycles. The van der Waals surface area contributed by atoms with E-state index < -0.39 is 0 Å². The summed E-state index contributed by atoms with van der Waals surface area (Å²) in [4.78, 5) is 21.4. The maximum atomic E-state index is 10.9. The van der Waals surface area contributed by atoms with Gasteiger partial charge in [-0.3, -0.25) is 4.79 Å². The standard InChI is InChI=1S/C11H12O2S/c1-9(13)14-11(7-8-12)10-5-3-2-4-6-10/h2-6,8,11H,7H2,1H3. The molecule has 14 heavy (non-hydrogen) atoms. The summed E-state index contributed by atoms with van der Waals surface area (Å²) >= 11 is 1.21. The summed E-state index contributed by atoms with van der Waals surface area (Å²) in [5.41, 5.74) is 1.03. The average molecular weight is 208 g/mol. The van der Waals surface area contributed by atoms with Gasteiger partial charge in [0.25, 0.3) is 0 Å². The highest BCUT2D eigenvalue weighted by Gasteiger charge is 2.13. The number of rotatable bonds is 4. The molecule has 0 radical (unpaired) electrons. The third kappa shape index (κ3) is 3.34. The molecule has 0 fully saturated rings. The van der Waals surface area contributed by atoms with Crippen LogP contribution in [0.25, 0.3) is 0 Å². The van der Waals surface area contributed by atoms with Crippen LogP contribution in [0.15, 0.2) is 30.3 Å². The third-order valence-corrected chi connectivity index (χ3v) is 2.87. The number of hydrogen-bond acceptors (Lipinski definition) is 3. The van der Waals surface area contributed by atoms with Crippen molar-refractivity contribution in [1.82, 2.24) is 0 Å². The van der Waals surface area contributed by atoms with Gasteiger partial charge in [0.1, 0.15) is 6.29 Å². The quantitative estimate of drug-likeness (QED) is 0.713. The molecule has 0 heterocycles. The summed E-state index contributed by atoms with van der Waals surface area (Å²) in [5.74, 6) is 0. The van der Waals surface area contributed by atoms with Crippen LogP contribution in [0.2, 0.25) is 0 Å². The van der Waals surface area contributed by atoms with E-state index in [0.717, 1.165) is 11.8 Å². The van der Waals surface area contributed by atoms with E-state index >= 15 is 0 Å². The van der Waals surface area contributed by atoms with E-state index in [1.54, 1.807) is 0 Å². The highest BCUT2D eigenvalue weighted by atomic mass is 32.2. The van der Waals surface area contributed by atoms with Crippen LogP contribution >= 0.6 is 11.8 Å². The normalized spacial score (nSPS) is 12.1. The predicted octanol–water partition coefficient (Wildman–Crippen LogP) is 2.60. The number of aldehydes is 1. The molecule has 0 bridgehead atoms. The van der Waals surface area contributed by atoms with Crippen LogP contribution < -0.4 is 0 Å². The first-order valence-electron chi connectivity index (χ1n) is 4.40. The molecule has 0 aromatic heterocycles. The summed E-state index contributed by atoms with van der Waals surface area (Å²) in [6.45, 7) is 1.52.